The summed E-state index contributed by atoms with van der Waals surface area (Å²) in [5, 5.41) is 4.13. The minimum absolute atomic E-state index is 0.333. The highest BCUT2D eigenvalue weighted by Crippen LogP contribution is 2.21. The van der Waals surface area contributed by atoms with Crippen LogP contribution >= 0.6 is 15.9 Å². The number of halogens is 1. The molecule has 0 N–H and O–H groups in total. The van der Waals surface area contributed by atoms with Gasteiger partial charge in [0.2, 0.25) is 0 Å². The summed E-state index contributed by atoms with van der Waals surface area (Å²) in [6.45, 7) is 2.09. The first kappa shape index (κ1) is 9.40. The van der Waals surface area contributed by atoms with E-state index in [1.54, 1.807) is 17.1 Å². The van der Waals surface area contributed by atoms with Crippen molar-refractivity contribution < 1.29 is 0 Å². The van der Waals surface area contributed by atoms with Crippen LogP contribution in [0.15, 0.2) is 36.8 Å². The summed E-state index contributed by atoms with van der Waals surface area (Å²) in [6, 6.07) is 5.89. The van der Waals surface area contributed by atoms with Crippen molar-refractivity contribution >= 4 is 15.9 Å². The monoisotopic (exact) mass is 251 g/mol. The van der Waals surface area contributed by atoms with Crippen molar-refractivity contribution in [1.29, 1.82) is 0 Å². The van der Waals surface area contributed by atoms with E-state index >= 15 is 0 Å². The van der Waals surface area contributed by atoms with Gasteiger partial charge in [-0.25, -0.2) is 9.67 Å². The van der Waals surface area contributed by atoms with Crippen LogP contribution in [0.25, 0.3) is 5.82 Å². The minimum Gasteiger partial charge on any atom is -0.237 e. The van der Waals surface area contributed by atoms with E-state index in [9.17, 15) is 0 Å². The number of alkyl halides is 1. The van der Waals surface area contributed by atoms with Gasteiger partial charge in [-0.2, -0.15) is 5.10 Å². The van der Waals surface area contributed by atoms with Crippen molar-refractivity contribution in [1.82, 2.24) is 14.8 Å². The average Bonchev–Trinajstić information content (AvgIpc) is 2.71. The molecule has 3 nitrogen and oxygen atoms in total. The van der Waals surface area contributed by atoms with E-state index in [2.05, 4.69) is 32.9 Å². The lowest BCUT2D eigenvalue weighted by Gasteiger charge is -2.05. The average molecular weight is 252 g/mol. The minimum atomic E-state index is 0.333. The maximum atomic E-state index is 4.24. The SMILES string of the molecule is CC(Br)c1ccnc(-n2cccn2)c1. The van der Waals surface area contributed by atoms with Gasteiger partial charge < -0.3 is 0 Å². The Bertz CT molecular complexity index is 409. The summed E-state index contributed by atoms with van der Waals surface area (Å²) >= 11 is 3.52. The van der Waals surface area contributed by atoms with Crippen molar-refractivity contribution in [2.45, 2.75) is 11.8 Å². The molecule has 72 valence electrons. The van der Waals surface area contributed by atoms with E-state index in [1.165, 1.54) is 5.56 Å². The van der Waals surface area contributed by atoms with Gasteiger partial charge in [-0.05, 0) is 30.7 Å². The van der Waals surface area contributed by atoms with Gasteiger partial charge in [-0.1, -0.05) is 15.9 Å². The lowest BCUT2D eigenvalue weighted by molar-refractivity contribution is 0.842. The van der Waals surface area contributed by atoms with Crippen LogP contribution in [0.5, 0.6) is 0 Å². The Labute approximate surface area is 90.9 Å². The third-order valence-electron chi connectivity index (χ3n) is 1.97. The Morgan fingerprint density at radius 3 is 2.93 bits per heavy atom. The van der Waals surface area contributed by atoms with Crippen LogP contribution in [-0.4, -0.2) is 14.8 Å². The first-order chi connectivity index (χ1) is 6.77. The zero-order valence-corrected chi connectivity index (χ0v) is 9.35. The molecule has 0 amide bonds. The maximum Gasteiger partial charge on any atom is 0.153 e. The van der Waals surface area contributed by atoms with Gasteiger partial charge in [0.25, 0.3) is 0 Å². The second-order valence-corrected chi connectivity index (χ2v) is 4.39. The largest absolute Gasteiger partial charge is 0.237 e. The fourth-order valence-corrected chi connectivity index (χ4v) is 1.50. The molecule has 14 heavy (non-hydrogen) atoms. The van der Waals surface area contributed by atoms with Crippen LogP contribution in [-0.2, 0) is 0 Å². The first-order valence-corrected chi connectivity index (χ1v) is 5.29. The first-order valence-electron chi connectivity index (χ1n) is 4.37. The number of hydrogen-bond donors (Lipinski definition) is 0. The lowest BCUT2D eigenvalue weighted by atomic mass is 10.2. The Balaban J connectivity index is 2.41. The maximum absolute atomic E-state index is 4.24. The molecule has 0 saturated carbocycles. The van der Waals surface area contributed by atoms with E-state index in [4.69, 9.17) is 0 Å². The van der Waals surface area contributed by atoms with Gasteiger partial charge in [-0.3, -0.25) is 0 Å². The molecule has 0 aliphatic heterocycles. The Hall–Kier alpha value is -1.16. The zero-order valence-electron chi connectivity index (χ0n) is 7.76. The molecule has 2 heterocycles. The molecular weight excluding hydrogens is 242 g/mol. The second kappa shape index (κ2) is 3.92. The van der Waals surface area contributed by atoms with Crippen molar-refractivity contribution in [2.75, 3.05) is 0 Å². The molecule has 2 aromatic rings. The van der Waals surface area contributed by atoms with Crippen LogP contribution in [0.3, 0.4) is 0 Å². The highest BCUT2D eigenvalue weighted by molar-refractivity contribution is 9.09. The smallest absolute Gasteiger partial charge is 0.153 e. The van der Waals surface area contributed by atoms with Gasteiger partial charge in [0.1, 0.15) is 0 Å². The molecule has 4 heteroatoms. The standard InChI is InChI=1S/C10H10BrN3/c1-8(11)9-3-5-12-10(7-9)14-6-2-4-13-14/h2-8H,1H3. The van der Waals surface area contributed by atoms with E-state index in [0.29, 0.717) is 4.83 Å². The Morgan fingerprint density at radius 2 is 2.29 bits per heavy atom. The predicted octanol–water partition coefficient (Wildman–Crippen LogP) is 2.72. The molecule has 2 rings (SSSR count). The molecule has 1 atom stereocenters. The van der Waals surface area contributed by atoms with Crippen LogP contribution in [0.4, 0.5) is 0 Å². The third kappa shape index (κ3) is 1.85. The van der Waals surface area contributed by atoms with Gasteiger partial charge in [0, 0.05) is 23.4 Å². The lowest BCUT2D eigenvalue weighted by Crippen LogP contribution is -1.98. The molecule has 0 bridgehead atoms. The highest BCUT2D eigenvalue weighted by atomic mass is 79.9. The van der Waals surface area contributed by atoms with Gasteiger partial charge >= 0.3 is 0 Å². The van der Waals surface area contributed by atoms with Crippen LogP contribution < -0.4 is 0 Å². The number of rotatable bonds is 2. The summed E-state index contributed by atoms with van der Waals surface area (Å²) in [4.78, 5) is 4.58. The molecular formula is C10H10BrN3. The van der Waals surface area contributed by atoms with Crippen molar-refractivity contribution in [3.8, 4) is 5.82 Å². The predicted molar refractivity (Wildman–Crippen MR) is 58.7 cm³/mol. The molecule has 2 aromatic heterocycles. The molecule has 0 aromatic carbocycles. The summed E-state index contributed by atoms with van der Waals surface area (Å²) < 4.78 is 1.75. The Morgan fingerprint density at radius 1 is 1.43 bits per heavy atom. The summed E-state index contributed by atoms with van der Waals surface area (Å²) in [6.07, 6.45) is 5.42. The van der Waals surface area contributed by atoms with Crippen molar-refractivity contribution in [3.05, 3.63) is 42.4 Å². The highest BCUT2D eigenvalue weighted by Gasteiger charge is 2.03. The number of hydrogen-bond acceptors (Lipinski definition) is 2. The van der Waals surface area contributed by atoms with E-state index in [-0.39, 0.29) is 0 Å². The Kier molecular flexibility index (Phi) is 2.63. The zero-order chi connectivity index (χ0) is 9.97. The summed E-state index contributed by atoms with van der Waals surface area (Å²) in [7, 11) is 0. The molecule has 1 unspecified atom stereocenters. The number of aromatic nitrogens is 3. The van der Waals surface area contributed by atoms with Crippen LogP contribution in [0.2, 0.25) is 0 Å². The molecule has 0 saturated heterocycles. The van der Waals surface area contributed by atoms with E-state index in [1.807, 2.05) is 24.4 Å². The van der Waals surface area contributed by atoms with Gasteiger partial charge in [0.05, 0.1) is 0 Å². The van der Waals surface area contributed by atoms with Crippen LogP contribution in [0, 0.1) is 0 Å². The summed E-state index contributed by atoms with van der Waals surface area (Å²) in [5.41, 5.74) is 1.20. The molecule has 0 spiro atoms. The number of nitrogens with zero attached hydrogens (tertiary/aromatic N) is 3. The topological polar surface area (TPSA) is 30.7 Å². The quantitative estimate of drug-likeness (QED) is 0.769. The van der Waals surface area contributed by atoms with Gasteiger partial charge in [0.15, 0.2) is 5.82 Å². The molecule has 0 aliphatic carbocycles. The third-order valence-corrected chi connectivity index (χ3v) is 2.50. The number of pyridine rings is 1. The fraction of sp³-hybridized carbons (Fsp3) is 0.200. The van der Waals surface area contributed by atoms with Crippen molar-refractivity contribution in [2.24, 2.45) is 0 Å². The van der Waals surface area contributed by atoms with E-state index < -0.39 is 0 Å². The fourth-order valence-electron chi connectivity index (χ4n) is 1.21. The molecule has 0 fully saturated rings. The van der Waals surface area contributed by atoms with Crippen LogP contribution in [0.1, 0.15) is 17.3 Å². The summed E-state index contributed by atoms with van der Waals surface area (Å²) in [5.74, 6) is 0.846. The second-order valence-electron chi connectivity index (χ2n) is 3.01. The van der Waals surface area contributed by atoms with Gasteiger partial charge in [-0.15, -0.1) is 0 Å². The molecule has 0 aliphatic rings. The van der Waals surface area contributed by atoms with Crippen molar-refractivity contribution in [3.63, 3.8) is 0 Å². The normalized spacial score (nSPS) is 12.7. The molecule has 0 radical (unpaired) electrons. The van der Waals surface area contributed by atoms with E-state index in [0.717, 1.165) is 5.82 Å².